The predicted octanol–water partition coefficient (Wildman–Crippen LogP) is 2.82. The Hall–Kier alpha value is -1.31. The molecule has 0 atom stereocenters. The van der Waals surface area contributed by atoms with E-state index in [0.717, 1.165) is 12.1 Å². The standard InChI is InChI=1S/C11H14N2/c1-3-4-10-6-9-5-8(2)7-12-11(9)13-10/h5-7H,3-4H2,1-2H3,(H,12,13). The van der Waals surface area contributed by atoms with Crippen LogP contribution in [0.5, 0.6) is 0 Å². The molecule has 2 aromatic rings. The summed E-state index contributed by atoms with van der Waals surface area (Å²) in [6.07, 6.45) is 4.18. The molecule has 2 heteroatoms. The molecule has 0 aliphatic rings. The van der Waals surface area contributed by atoms with Gasteiger partial charge >= 0.3 is 0 Å². The molecule has 13 heavy (non-hydrogen) atoms. The lowest BCUT2D eigenvalue weighted by atomic mass is 10.2. The van der Waals surface area contributed by atoms with Crippen LogP contribution in [-0.2, 0) is 6.42 Å². The van der Waals surface area contributed by atoms with Crippen LogP contribution in [0.3, 0.4) is 0 Å². The van der Waals surface area contributed by atoms with E-state index in [4.69, 9.17) is 0 Å². The van der Waals surface area contributed by atoms with E-state index in [2.05, 4.69) is 35.9 Å². The summed E-state index contributed by atoms with van der Waals surface area (Å²) in [6.45, 7) is 4.25. The molecule has 0 radical (unpaired) electrons. The Bertz CT molecular complexity index is 415. The van der Waals surface area contributed by atoms with Crippen molar-refractivity contribution in [2.24, 2.45) is 0 Å². The van der Waals surface area contributed by atoms with Crippen molar-refractivity contribution in [3.8, 4) is 0 Å². The summed E-state index contributed by atoms with van der Waals surface area (Å²) in [7, 11) is 0. The number of aromatic nitrogens is 2. The molecular weight excluding hydrogens is 160 g/mol. The highest BCUT2D eigenvalue weighted by atomic mass is 14.8. The third-order valence-electron chi connectivity index (χ3n) is 2.18. The third-order valence-corrected chi connectivity index (χ3v) is 2.18. The molecule has 0 aliphatic heterocycles. The minimum absolute atomic E-state index is 1.01. The minimum atomic E-state index is 1.01. The second-order valence-corrected chi connectivity index (χ2v) is 3.50. The van der Waals surface area contributed by atoms with Crippen LogP contribution in [0.15, 0.2) is 18.3 Å². The zero-order chi connectivity index (χ0) is 9.26. The first-order valence-corrected chi connectivity index (χ1v) is 4.74. The second-order valence-electron chi connectivity index (χ2n) is 3.50. The first-order valence-electron chi connectivity index (χ1n) is 4.74. The quantitative estimate of drug-likeness (QED) is 0.745. The number of aryl methyl sites for hydroxylation is 2. The lowest BCUT2D eigenvalue weighted by Crippen LogP contribution is -1.81. The lowest BCUT2D eigenvalue weighted by molar-refractivity contribution is 0.895. The van der Waals surface area contributed by atoms with Crippen LogP contribution in [0.2, 0.25) is 0 Å². The van der Waals surface area contributed by atoms with Crippen molar-refractivity contribution >= 4 is 11.0 Å². The molecule has 0 amide bonds. The van der Waals surface area contributed by atoms with E-state index in [1.807, 2.05) is 6.20 Å². The van der Waals surface area contributed by atoms with Gasteiger partial charge in [0.2, 0.25) is 0 Å². The maximum Gasteiger partial charge on any atom is 0.137 e. The van der Waals surface area contributed by atoms with Crippen molar-refractivity contribution in [1.82, 2.24) is 9.97 Å². The molecule has 0 aromatic carbocycles. The van der Waals surface area contributed by atoms with Crippen molar-refractivity contribution in [3.05, 3.63) is 29.6 Å². The topological polar surface area (TPSA) is 28.7 Å². The molecule has 2 nitrogen and oxygen atoms in total. The number of aromatic amines is 1. The molecule has 0 saturated carbocycles. The normalized spacial score (nSPS) is 10.9. The highest BCUT2D eigenvalue weighted by Gasteiger charge is 2.00. The van der Waals surface area contributed by atoms with Gasteiger partial charge in [-0.05, 0) is 31.0 Å². The summed E-state index contributed by atoms with van der Waals surface area (Å²) in [5.74, 6) is 0. The van der Waals surface area contributed by atoms with E-state index in [-0.39, 0.29) is 0 Å². The Morgan fingerprint density at radius 2 is 2.23 bits per heavy atom. The van der Waals surface area contributed by atoms with Crippen molar-refractivity contribution in [3.63, 3.8) is 0 Å². The minimum Gasteiger partial charge on any atom is -0.343 e. The smallest absolute Gasteiger partial charge is 0.137 e. The van der Waals surface area contributed by atoms with Gasteiger partial charge in [-0.1, -0.05) is 13.3 Å². The molecule has 1 N–H and O–H groups in total. The van der Waals surface area contributed by atoms with Gasteiger partial charge in [0.05, 0.1) is 0 Å². The largest absolute Gasteiger partial charge is 0.343 e. The average Bonchev–Trinajstić information content (AvgIpc) is 2.46. The predicted molar refractivity (Wildman–Crippen MR) is 54.8 cm³/mol. The summed E-state index contributed by atoms with van der Waals surface area (Å²) in [4.78, 5) is 7.64. The molecule has 0 aliphatic carbocycles. The van der Waals surface area contributed by atoms with Gasteiger partial charge in [0.15, 0.2) is 0 Å². The van der Waals surface area contributed by atoms with E-state index >= 15 is 0 Å². The maximum atomic E-state index is 4.33. The van der Waals surface area contributed by atoms with E-state index in [1.54, 1.807) is 0 Å². The highest BCUT2D eigenvalue weighted by Crippen LogP contribution is 2.15. The van der Waals surface area contributed by atoms with Gasteiger partial charge in [-0.3, -0.25) is 0 Å². The highest BCUT2D eigenvalue weighted by molar-refractivity contribution is 5.76. The third kappa shape index (κ3) is 1.57. The number of hydrogen-bond donors (Lipinski definition) is 1. The number of H-pyrrole nitrogens is 1. The van der Waals surface area contributed by atoms with Gasteiger partial charge < -0.3 is 4.98 Å². The number of nitrogens with one attached hydrogen (secondary N) is 1. The second kappa shape index (κ2) is 3.21. The number of rotatable bonds is 2. The Morgan fingerprint density at radius 3 is 3.00 bits per heavy atom. The summed E-state index contributed by atoms with van der Waals surface area (Å²) in [6, 6.07) is 4.36. The van der Waals surface area contributed by atoms with E-state index in [0.29, 0.717) is 0 Å². The number of fused-ring (bicyclic) bond motifs is 1. The van der Waals surface area contributed by atoms with Crippen LogP contribution in [-0.4, -0.2) is 9.97 Å². The van der Waals surface area contributed by atoms with Crippen molar-refractivity contribution < 1.29 is 0 Å². The summed E-state index contributed by atoms with van der Waals surface area (Å²) < 4.78 is 0. The van der Waals surface area contributed by atoms with Gasteiger partial charge in [0.1, 0.15) is 5.65 Å². The lowest BCUT2D eigenvalue weighted by Gasteiger charge is -1.90. The molecule has 2 rings (SSSR count). The molecule has 68 valence electrons. The average molecular weight is 174 g/mol. The van der Waals surface area contributed by atoms with Crippen LogP contribution >= 0.6 is 0 Å². The van der Waals surface area contributed by atoms with Crippen LogP contribution in [0.4, 0.5) is 0 Å². The Labute approximate surface area is 78.0 Å². The van der Waals surface area contributed by atoms with Gasteiger partial charge in [0.25, 0.3) is 0 Å². The summed E-state index contributed by atoms with van der Waals surface area (Å²) in [5, 5.41) is 1.23. The van der Waals surface area contributed by atoms with Gasteiger partial charge in [-0.25, -0.2) is 4.98 Å². The zero-order valence-electron chi connectivity index (χ0n) is 8.09. The van der Waals surface area contributed by atoms with Crippen molar-refractivity contribution in [1.29, 1.82) is 0 Å². The fourth-order valence-electron chi connectivity index (χ4n) is 1.59. The molecule has 2 aromatic heterocycles. The van der Waals surface area contributed by atoms with Gasteiger partial charge in [0, 0.05) is 17.3 Å². The molecule has 0 bridgehead atoms. The molecule has 2 heterocycles. The van der Waals surface area contributed by atoms with Crippen LogP contribution in [0.25, 0.3) is 11.0 Å². The summed E-state index contributed by atoms with van der Waals surface area (Å²) in [5.41, 5.74) is 3.51. The maximum absolute atomic E-state index is 4.33. The van der Waals surface area contributed by atoms with Crippen molar-refractivity contribution in [2.45, 2.75) is 26.7 Å². The van der Waals surface area contributed by atoms with E-state index < -0.39 is 0 Å². The molecule has 0 saturated heterocycles. The fourth-order valence-corrected chi connectivity index (χ4v) is 1.59. The van der Waals surface area contributed by atoms with Crippen LogP contribution in [0, 0.1) is 6.92 Å². The number of nitrogens with zero attached hydrogens (tertiary/aromatic N) is 1. The SMILES string of the molecule is CCCc1cc2cc(C)cnc2[nH]1. The summed E-state index contributed by atoms with van der Waals surface area (Å²) >= 11 is 0. The van der Waals surface area contributed by atoms with E-state index in [1.165, 1.54) is 23.1 Å². The Morgan fingerprint density at radius 1 is 1.38 bits per heavy atom. The molecule has 0 unspecified atom stereocenters. The molecule has 0 fully saturated rings. The van der Waals surface area contributed by atoms with Gasteiger partial charge in [-0.2, -0.15) is 0 Å². The molecular formula is C11H14N2. The molecule has 0 spiro atoms. The van der Waals surface area contributed by atoms with E-state index in [9.17, 15) is 0 Å². The Balaban J connectivity index is 2.49. The first kappa shape index (κ1) is 8.30. The van der Waals surface area contributed by atoms with Gasteiger partial charge in [-0.15, -0.1) is 0 Å². The Kier molecular flexibility index (Phi) is 2.05. The van der Waals surface area contributed by atoms with Crippen LogP contribution in [0.1, 0.15) is 24.6 Å². The van der Waals surface area contributed by atoms with Crippen LogP contribution < -0.4 is 0 Å². The monoisotopic (exact) mass is 174 g/mol. The zero-order valence-corrected chi connectivity index (χ0v) is 8.09. The number of pyridine rings is 1. The fraction of sp³-hybridized carbons (Fsp3) is 0.364. The first-order chi connectivity index (χ1) is 6.29. The van der Waals surface area contributed by atoms with Crippen molar-refractivity contribution in [2.75, 3.05) is 0 Å². The number of hydrogen-bond acceptors (Lipinski definition) is 1.